The Labute approximate surface area is 109 Å². The molecule has 19 heavy (non-hydrogen) atoms. The van der Waals surface area contributed by atoms with E-state index in [4.69, 9.17) is 9.63 Å². The summed E-state index contributed by atoms with van der Waals surface area (Å²) in [7, 11) is 0. The first kappa shape index (κ1) is 12.8. The van der Waals surface area contributed by atoms with E-state index < -0.39 is 11.9 Å². The van der Waals surface area contributed by atoms with Gasteiger partial charge in [0.25, 0.3) is 5.91 Å². The molecule has 2 aromatic rings. The molecule has 6 nitrogen and oxygen atoms in total. The molecule has 0 fully saturated rings. The van der Waals surface area contributed by atoms with Gasteiger partial charge in [0.15, 0.2) is 0 Å². The number of aryl methyl sites for hydroxylation is 2. The molecule has 1 amide bonds. The highest BCUT2D eigenvalue weighted by Crippen LogP contribution is 2.17. The second-order valence-corrected chi connectivity index (χ2v) is 4.12. The number of rotatable bonds is 3. The first-order chi connectivity index (χ1) is 8.97. The predicted octanol–water partition coefficient (Wildman–Crippen LogP) is 2.24. The van der Waals surface area contributed by atoms with Crippen molar-refractivity contribution in [2.24, 2.45) is 0 Å². The van der Waals surface area contributed by atoms with Crippen LogP contribution < -0.4 is 5.32 Å². The summed E-state index contributed by atoms with van der Waals surface area (Å²) < 4.78 is 4.84. The number of hydrogen-bond acceptors (Lipinski definition) is 4. The third-order valence-corrected chi connectivity index (χ3v) is 2.57. The molecule has 0 saturated carbocycles. The third kappa shape index (κ3) is 2.79. The number of carboxylic acid groups (broad SMARTS) is 1. The highest BCUT2D eigenvalue weighted by molar-refractivity contribution is 6.03. The topological polar surface area (TPSA) is 92.4 Å². The van der Waals surface area contributed by atoms with Crippen molar-refractivity contribution in [2.45, 2.75) is 13.8 Å². The number of anilines is 1. The van der Waals surface area contributed by atoms with Gasteiger partial charge in [0, 0.05) is 11.8 Å². The van der Waals surface area contributed by atoms with Crippen LogP contribution in [0.5, 0.6) is 0 Å². The lowest BCUT2D eigenvalue weighted by molar-refractivity contribution is 0.0696. The fraction of sp³-hybridized carbons (Fsp3) is 0.154. The zero-order valence-corrected chi connectivity index (χ0v) is 10.4. The summed E-state index contributed by atoms with van der Waals surface area (Å²) in [4.78, 5) is 22.6. The summed E-state index contributed by atoms with van der Waals surface area (Å²) in [6.07, 6.45) is 0. The van der Waals surface area contributed by atoms with Crippen molar-refractivity contribution in [2.75, 3.05) is 5.32 Å². The minimum atomic E-state index is -1.01. The van der Waals surface area contributed by atoms with E-state index in [0.29, 0.717) is 16.9 Å². The van der Waals surface area contributed by atoms with Crippen molar-refractivity contribution >= 4 is 17.6 Å². The molecule has 0 aliphatic carbocycles. The fourth-order valence-electron chi connectivity index (χ4n) is 1.59. The van der Waals surface area contributed by atoms with Crippen LogP contribution in [0.4, 0.5) is 5.69 Å². The van der Waals surface area contributed by atoms with Crippen molar-refractivity contribution in [1.82, 2.24) is 5.16 Å². The van der Waals surface area contributed by atoms with E-state index in [0.717, 1.165) is 0 Å². The highest BCUT2D eigenvalue weighted by Gasteiger charge is 2.13. The number of carboxylic acids is 1. The van der Waals surface area contributed by atoms with E-state index in [9.17, 15) is 9.59 Å². The van der Waals surface area contributed by atoms with Crippen LogP contribution in [0.25, 0.3) is 0 Å². The molecule has 1 heterocycles. The molecule has 2 rings (SSSR count). The Bertz CT molecular complexity index is 646. The van der Waals surface area contributed by atoms with Gasteiger partial charge < -0.3 is 14.9 Å². The van der Waals surface area contributed by atoms with Gasteiger partial charge in [-0.2, -0.15) is 0 Å². The highest BCUT2D eigenvalue weighted by atomic mass is 16.5. The van der Waals surface area contributed by atoms with Crippen LogP contribution in [0, 0.1) is 13.8 Å². The molecule has 0 unspecified atom stereocenters. The molecule has 0 atom stereocenters. The standard InChI is InChI=1S/C13H12N2O4/c1-7-5-9(13(17)18)3-4-10(7)14-12(16)11-6-8(2)15-19-11/h3-6H,1-2H3,(H,14,16)(H,17,18). The lowest BCUT2D eigenvalue weighted by Crippen LogP contribution is -2.12. The lowest BCUT2D eigenvalue weighted by Gasteiger charge is -2.07. The first-order valence-corrected chi connectivity index (χ1v) is 5.56. The van der Waals surface area contributed by atoms with Gasteiger partial charge in [0.05, 0.1) is 11.3 Å². The van der Waals surface area contributed by atoms with Gasteiger partial charge in [0.1, 0.15) is 0 Å². The molecule has 0 aliphatic heterocycles. The third-order valence-electron chi connectivity index (χ3n) is 2.57. The van der Waals surface area contributed by atoms with Crippen molar-refractivity contribution in [3.05, 3.63) is 46.8 Å². The Kier molecular flexibility index (Phi) is 3.33. The summed E-state index contributed by atoms with van der Waals surface area (Å²) in [6.45, 7) is 3.43. The quantitative estimate of drug-likeness (QED) is 0.882. The van der Waals surface area contributed by atoms with Gasteiger partial charge in [-0.15, -0.1) is 0 Å². The summed E-state index contributed by atoms with van der Waals surface area (Å²) in [6, 6.07) is 5.98. The van der Waals surface area contributed by atoms with Gasteiger partial charge in [-0.25, -0.2) is 4.79 Å². The number of carbonyl (C=O) groups is 2. The minimum absolute atomic E-state index is 0.110. The minimum Gasteiger partial charge on any atom is -0.478 e. The molecular formula is C13H12N2O4. The van der Waals surface area contributed by atoms with Gasteiger partial charge in [-0.1, -0.05) is 5.16 Å². The second kappa shape index (κ2) is 4.93. The molecule has 0 bridgehead atoms. The molecule has 0 radical (unpaired) electrons. The van der Waals surface area contributed by atoms with E-state index in [2.05, 4.69) is 10.5 Å². The zero-order valence-electron chi connectivity index (χ0n) is 10.4. The van der Waals surface area contributed by atoms with Crippen LogP contribution in [0.3, 0.4) is 0 Å². The molecule has 2 N–H and O–H groups in total. The summed E-state index contributed by atoms with van der Waals surface area (Å²) in [5.74, 6) is -1.32. The monoisotopic (exact) mass is 260 g/mol. The zero-order chi connectivity index (χ0) is 14.0. The van der Waals surface area contributed by atoms with Crippen molar-refractivity contribution in [3.8, 4) is 0 Å². The van der Waals surface area contributed by atoms with Crippen molar-refractivity contribution in [1.29, 1.82) is 0 Å². The van der Waals surface area contributed by atoms with E-state index in [1.807, 2.05) is 0 Å². The summed E-state index contributed by atoms with van der Waals surface area (Å²) >= 11 is 0. The first-order valence-electron chi connectivity index (χ1n) is 5.56. The lowest BCUT2D eigenvalue weighted by atomic mass is 10.1. The molecular weight excluding hydrogens is 248 g/mol. The number of carbonyl (C=O) groups excluding carboxylic acids is 1. The Hall–Kier alpha value is -2.63. The molecule has 98 valence electrons. The smallest absolute Gasteiger partial charge is 0.335 e. The normalized spacial score (nSPS) is 10.2. The van der Waals surface area contributed by atoms with Crippen LogP contribution in [0.15, 0.2) is 28.8 Å². The number of aromatic carboxylic acids is 1. The maximum absolute atomic E-state index is 11.8. The molecule has 6 heteroatoms. The SMILES string of the molecule is Cc1cc(C(=O)Nc2ccc(C(=O)O)cc2C)on1. The number of nitrogens with one attached hydrogen (secondary N) is 1. The number of nitrogens with zero attached hydrogens (tertiary/aromatic N) is 1. The van der Waals surface area contributed by atoms with E-state index in [1.54, 1.807) is 19.9 Å². The maximum Gasteiger partial charge on any atom is 0.335 e. The van der Waals surface area contributed by atoms with Gasteiger partial charge >= 0.3 is 5.97 Å². The predicted molar refractivity (Wildman–Crippen MR) is 67.3 cm³/mol. The van der Waals surface area contributed by atoms with Crippen LogP contribution in [0.1, 0.15) is 32.2 Å². The average Bonchev–Trinajstić information content (AvgIpc) is 2.78. The molecule has 1 aromatic heterocycles. The van der Waals surface area contributed by atoms with Gasteiger partial charge in [-0.05, 0) is 37.6 Å². The number of benzene rings is 1. The van der Waals surface area contributed by atoms with Crippen LogP contribution in [-0.4, -0.2) is 22.1 Å². The van der Waals surface area contributed by atoms with Gasteiger partial charge in [0.2, 0.25) is 5.76 Å². The fourth-order valence-corrected chi connectivity index (χ4v) is 1.59. The summed E-state index contributed by atoms with van der Waals surface area (Å²) in [5.41, 5.74) is 1.97. The Morgan fingerprint density at radius 2 is 2.00 bits per heavy atom. The number of aromatic nitrogens is 1. The van der Waals surface area contributed by atoms with Gasteiger partial charge in [-0.3, -0.25) is 4.79 Å². The van der Waals surface area contributed by atoms with Crippen LogP contribution >= 0.6 is 0 Å². The van der Waals surface area contributed by atoms with E-state index in [-0.39, 0.29) is 11.3 Å². The Morgan fingerprint density at radius 3 is 2.53 bits per heavy atom. The van der Waals surface area contributed by atoms with Crippen LogP contribution in [0.2, 0.25) is 0 Å². The average molecular weight is 260 g/mol. The largest absolute Gasteiger partial charge is 0.478 e. The second-order valence-electron chi connectivity index (χ2n) is 4.12. The Morgan fingerprint density at radius 1 is 1.26 bits per heavy atom. The van der Waals surface area contributed by atoms with Crippen LogP contribution in [-0.2, 0) is 0 Å². The Balaban J connectivity index is 2.20. The van der Waals surface area contributed by atoms with Crippen molar-refractivity contribution in [3.63, 3.8) is 0 Å². The number of hydrogen-bond donors (Lipinski definition) is 2. The van der Waals surface area contributed by atoms with E-state index in [1.165, 1.54) is 18.2 Å². The van der Waals surface area contributed by atoms with E-state index >= 15 is 0 Å². The molecule has 0 spiro atoms. The molecule has 0 saturated heterocycles. The number of amides is 1. The summed E-state index contributed by atoms with van der Waals surface area (Å²) in [5, 5.41) is 15.1. The van der Waals surface area contributed by atoms with Crippen molar-refractivity contribution < 1.29 is 19.2 Å². The molecule has 1 aromatic carbocycles. The molecule has 0 aliphatic rings. The maximum atomic E-state index is 11.8.